The summed E-state index contributed by atoms with van der Waals surface area (Å²) in [4.78, 5) is 14.3. The van der Waals surface area contributed by atoms with Crippen molar-refractivity contribution in [2.45, 2.75) is 12.8 Å². The Bertz CT molecular complexity index is 523. The molecule has 0 aliphatic heterocycles. The van der Waals surface area contributed by atoms with Crippen molar-refractivity contribution in [1.29, 1.82) is 0 Å². The molecule has 1 aliphatic rings. The molecule has 19 heavy (non-hydrogen) atoms. The lowest BCUT2D eigenvalue weighted by molar-refractivity contribution is -0.118. The van der Waals surface area contributed by atoms with Crippen LogP contribution >= 0.6 is 23.2 Å². The van der Waals surface area contributed by atoms with Crippen molar-refractivity contribution in [2.75, 3.05) is 20.6 Å². The van der Waals surface area contributed by atoms with Crippen LogP contribution in [0, 0.1) is 5.92 Å². The first-order chi connectivity index (χ1) is 8.97. The van der Waals surface area contributed by atoms with Crippen LogP contribution in [-0.2, 0) is 4.79 Å². The Balaban J connectivity index is 2.16. The number of carbonyl (C=O) groups is 1. The van der Waals surface area contributed by atoms with Crippen LogP contribution in [0.2, 0.25) is 10.0 Å². The second kappa shape index (κ2) is 6.08. The van der Waals surface area contributed by atoms with E-state index in [2.05, 4.69) is 4.90 Å². The molecular formula is C15H17Cl2NO. The summed E-state index contributed by atoms with van der Waals surface area (Å²) in [6.45, 7) is 0.817. The van der Waals surface area contributed by atoms with Crippen LogP contribution in [0.15, 0.2) is 23.8 Å². The number of rotatable bonds is 3. The average Bonchev–Trinajstić information content (AvgIpc) is 2.66. The predicted molar refractivity (Wildman–Crippen MR) is 80.7 cm³/mol. The molecule has 2 nitrogen and oxygen atoms in total. The van der Waals surface area contributed by atoms with Gasteiger partial charge in [-0.1, -0.05) is 29.3 Å². The molecule has 1 aliphatic carbocycles. The Morgan fingerprint density at radius 2 is 2.05 bits per heavy atom. The van der Waals surface area contributed by atoms with E-state index in [9.17, 15) is 4.79 Å². The molecular weight excluding hydrogens is 281 g/mol. The van der Waals surface area contributed by atoms with Crippen molar-refractivity contribution in [2.24, 2.45) is 5.92 Å². The molecule has 1 saturated carbocycles. The van der Waals surface area contributed by atoms with E-state index in [-0.39, 0.29) is 11.7 Å². The number of Topliss-reactive ketones (excluding diaryl/α,β-unsaturated/α-hetero) is 1. The second-order valence-electron chi connectivity index (χ2n) is 5.21. The van der Waals surface area contributed by atoms with Crippen molar-refractivity contribution in [3.63, 3.8) is 0 Å². The van der Waals surface area contributed by atoms with Crippen LogP contribution in [0.5, 0.6) is 0 Å². The summed E-state index contributed by atoms with van der Waals surface area (Å²) >= 11 is 11.9. The largest absolute Gasteiger partial charge is 0.309 e. The van der Waals surface area contributed by atoms with Gasteiger partial charge in [-0.2, -0.15) is 0 Å². The molecule has 2 rings (SSSR count). The van der Waals surface area contributed by atoms with Crippen LogP contribution in [-0.4, -0.2) is 31.3 Å². The van der Waals surface area contributed by atoms with Crippen LogP contribution in [0.25, 0.3) is 6.08 Å². The van der Waals surface area contributed by atoms with E-state index in [0.717, 1.165) is 30.5 Å². The van der Waals surface area contributed by atoms with E-state index in [0.29, 0.717) is 10.0 Å². The predicted octanol–water partition coefficient (Wildman–Crippen LogP) is 3.92. The van der Waals surface area contributed by atoms with Crippen LogP contribution < -0.4 is 0 Å². The molecule has 1 unspecified atom stereocenters. The third-order valence-corrected chi connectivity index (χ3v) is 4.06. The molecule has 0 heterocycles. The Morgan fingerprint density at radius 1 is 1.32 bits per heavy atom. The maximum atomic E-state index is 12.2. The standard InChI is InChI=1S/C15H17Cl2NO/c1-18(2)9-12-5-4-11(15(12)19)7-10-3-6-13(16)14(17)8-10/h3,6-8,12H,4-5,9H2,1-2H3. The Kier molecular flexibility index (Phi) is 4.67. The summed E-state index contributed by atoms with van der Waals surface area (Å²) in [6.07, 6.45) is 3.71. The van der Waals surface area contributed by atoms with Gasteiger partial charge in [0.25, 0.3) is 0 Å². The van der Waals surface area contributed by atoms with Gasteiger partial charge in [-0.05, 0) is 56.3 Å². The summed E-state index contributed by atoms with van der Waals surface area (Å²) in [5.74, 6) is 0.392. The zero-order valence-electron chi connectivity index (χ0n) is 11.1. The highest BCUT2D eigenvalue weighted by Gasteiger charge is 2.29. The highest BCUT2D eigenvalue weighted by atomic mass is 35.5. The number of hydrogen-bond acceptors (Lipinski definition) is 2. The first-order valence-electron chi connectivity index (χ1n) is 6.32. The number of carbonyl (C=O) groups excluding carboxylic acids is 1. The molecule has 0 amide bonds. The van der Waals surface area contributed by atoms with Crippen molar-refractivity contribution in [3.05, 3.63) is 39.4 Å². The Hall–Kier alpha value is -0.830. The molecule has 1 aromatic carbocycles. The number of hydrogen-bond donors (Lipinski definition) is 0. The summed E-state index contributed by atoms with van der Waals surface area (Å²) in [5, 5.41) is 1.05. The lowest BCUT2D eigenvalue weighted by Crippen LogP contribution is -2.24. The molecule has 0 radical (unpaired) electrons. The fourth-order valence-electron chi connectivity index (χ4n) is 2.41. The van der Waals surface area contributed by atoms with Crippen molar-refractivity contribution in [3.8, 4) is 0 Å². The van der Waals surface area contributed by atoms with Gasteiger partial charge in [0.05, 0.1) is 10.0 Å². The van der Waals surface area contributed by atoms with Gasteiger partial charge in [-0.15, -0.1) is 0 Å². The van der Waals surface area contributed by atoms with Crippen molar-refractivity contribution >= 4 is 35.1 Å². The van der Waals surface area contributed by atoms with Crippen LogP contribution in [0.1, 0.15) is 18.4 Å². The Labute approximate surface area is 124 Å². The smallest absolute Gasteiger partial charge is 0.163 e. The molecule has 1 fully saturated rings. The van der Waals surface area contributed by atoms with Gasteiger partial charge >= 0.3 is 0 Å². The minimum Gasteiger partial charge on any atom is -0.309 e. The first kappa shape index (κ1) is 14.6. The SMILES string of the molecule is CN(C)CC1CCC(=Cc2ccc(Cl)c(Cl)c2)C1=O. The zero-order chi connectivity index (χ0) is 14.0. The maximum absolute atomic E-state index is 12.2. The zero-order valence-corrected chi connectivity index (χ0v) is 12.6. The van der Waals surface area contributed by atoms with E-state index in [1.807, 2.05) is 26.2 Å². The molecule has 0 aromatic heterocycles. The van der Waals surface area contributed by atoms with E-state index in [4.69, 9.17) is 23.2 Å². The molecule has 4 heteroatoms. The highest BCUT2D eigenvalue weighted by molar-refractivity contribution is 6.42. The fourth-order valence-corrected chi connectivity index (χ4v) is 2.71. The monoisotopic (exact) mass is 297 g/mol. The van der Waals surface area contributed by atoms with Crippen molar-refractivity contribution in [1.82, 2.24) is 4.90 Å². The molecule has 0 bridgehead atoms. The average molecular weight is 298 g/mol. The van der Waals surface area contributed by atoms with Crippen molar-refractivity contribution < 1.29 is 4.79 Å². The lowest BCUT2D eigenvalue weighted by Gasteiger charge is -2.13. The number of ketones is 1. The van der Waals surface area contributed by atoms with Gasteiger partial charge in [0, 0.05) is 12.5 Å². The molecule has 0 N–H and O–H groups in total. The summed E-state index contributed by atoms with van der Waals surface area (Å²) in [7, 11) is 3.99. The summed E-state index contributed by atoms with van der Waals surface area (Å²) in [6, 6.07) is 5.43. The second-order valence-corrected chi connectivity index (χ2v) is 6.02. The lowest BCUT2D eigenvalue weighted by atomic mass is 10.0. The minimum atomic E-state index is 0.129. The number of nitrogens with zero attached hydrogens (tertiary/aromatic N) is 1. The first-order valence-corrected chi connectivity index (χ1v) is 7.07. The number of benzene rings is 1. The molecule has 0 spiro atoms. The van der Waals surface area contributed by atoms with Crippen LogP contribution in [0.4, 0.5) is 0 Å². The normalized spacial score (nSPS) is 21.6. The third-order valence-electron chi connectivity index (χ3n) is 3.32. The summed E-state index contributed by atoms with van der Waals surface area (Å²) < 4.78 is 0. The van der Waals surface area contributed by atoms with Gasteiger partial charge in [0.15, 0.2) is 5.78 Å². The van der Waals surface area contributed by atoms with Gasteiger partial charge in [-0.3, -0.25) is 4.79 Å². The molecule has 1 atom stereocenters. The van der Waals surface area contributed by atoms with Gasteiger partial charge in [0.2, 0.25) is 0 Å². The van der Waals surface area contributed by atoms with E-state index in [1.165, 1.54) is 0 Å². The van der Waals surface area contributed by atoms with Crippen LogP contribution in [0.3, 0.4) is 0 Å². The Morgan fingerprint density at radius 3 is 2.68 bits per heavy atom. The van der Waals surface area contributed by atoms with E-state index in [1.54, 1.807) is 12.1 Å². The number of allylic oxidation sites excluding steroid dienone is 1. The molecule has 102 valence electrons. The summed E-state index contributed by atoms with van der Waals surface area (Å²) in [5.41, 5.74) is 1.83. The molecule has 1 aromatic rings. The van der Waals surface area contributed by atoms with Gasteiger partial charge < -0.3 is 4.90 Å². The highest BCUT2D eigenvalue weighted by Crippen LogP contribution is 2.30. The van der Waals surface area contributed by atoms with Gasteiger partial charge in [0.1, 0.15) is 0 Å². The maximum Gasteiger partial charge on any atom is 0.163 e. The van der Waals surface area contributed by atoms with E-state index >= 15 is 0 Å². The fraction of sp³-hybridized carbons (Fsp3) is 0.400. The number of halogens is 2. The topological polar surface area (TPSA) is 20.3 Å². The molecule has 0 saturated heterocycles. The van der Waals surface area contributed by atoms with Gasteiger partial charge in [-0.25, -0.2) is 0 Å². The third kappa shape index (κ3) is 3.59. The quantitative estimate of drug-likeness (QED) is 0.788. The minimum absolute atomic E-state index is 0.129. The van der Waals surface area contributed by atoms with E-state index < -0.39 is 0 Å².